The predicted octanol–water partition coefficient (Wildman–Crippen LogP) is 1.51. The Morgan fingerprint density at radius 3 is 3.08 bits per heavy atom. The normalized spacial score (nSPS) is 10.4. The molecule has 0 atom stereocenters. The molecule has 0 aliphatic carbocycles. The minimum absolute atomic E-state index is 0.321. The molecule has 4 heteroatoms. The number of aromatic nitrogens is 2. The van der Waals surface area contributed by atoms with Crippen molar-refractivity contribution < 1.29 is 9.18 Å². The lowest BCUT2D eigenvalue weighted by atomic mass is 10.2. The average Bonchev–Trinajstić information content (AvgIpc) is 2.52. The van der Waals surface area contributed by atoms with Crippen molar-refractivity contribution in [1.29, 1.82) is 0 Å². The molecule has 0 amide bonds. The molecule has 1 aromatic heterocycles. The van der Waals surface area contributed by atoms with Gasteiger partial charge in [0.25, 0.3) is 0 Å². The average molecular weight is 164 g/mol. The highest BCUT2D eigenvalue weighted by Crippen LogP contribution is 2.15. The molecule has 1 heterocycles. The lowest BCUT2D eigenvalue weighted by Crippen LogP contribution is -1.83. The first-order chi connectivity index (χ1) is 5.81. The van der Waals surface area contributed by atoms with Crippen LogP contribution in [-0.2, 0) is 0 Å². The van der Waals surface area contributed by atoms with Crippen LogP contribution in [-0.4, -0.2) is 16.5 Å². The summed E-state index contributed by atoms with van der Waals surface area (Å²) in [4.78, 5) is 10.3. The maximum atomic E-state index is 13.0. The van der Waals surface area contributed by atoms with E-state index in [0.717, 1.165) is 0 Å². The van der Waals surface area contributed by atoms with E-state index in [4.69, 9.17) is 0 Å². The number of hydrogen-bond donors (Lipinski definition) is 1. The maximum Gasteiger partial charge on any atom is 0.150 e. The summed E-state index contributed by atoms with van der Waals surface area (Å²) in [6.45, 7) is 0. The number of aromatic amines is 1. The molecule has 0 spiro atoms. The van der Waals surface area contributed by atoms with Crippen molar-refractivity contribution in [2.45, 2.75) is 0 Å². The first-order valence-electron chi connectivity index (χ1n) is 3.39. The number of carbonyl (C=O) groups is 1. The number of benzene rings is 1. The second-order valence-corrected chi connectivity index (χ2v) is 2.45. The molecule has 0 fully saturated rings. The third kappa shape index (κ3) is 0.887. The van der Waals surface area contributed by atoms with Crippen LogP contribution in [0.5, 0.6) is 0 Å². The maximum absolute atomic E-state index is 13.0. The molecule has 0 aliphatic heterocycles. The highest BCUT2D eigenvalue weighted by molar-refractivity contribution is 5.86. The van der Waals surface area contributed by atoms with E-state index < -0.39 is 5.82 Å². The summed E-state index contributed by atoms with van der Waals surface area (Å²) in [6.07, 6.45) is 2.08. The number of nitrogens with one attached hydrogen (secondary N) is 1. The van der Waals surface area contributed by atoms with Gasteiger partial charge in [0.05, 0.1) is 6.20 Å². The van der Waals surface area contributed by atoms with Gasteiger partial charge in [-0.1, -0.05) is 0 Å². The van der Waals surface area contributed by atoms with E-state index in [1.54, 1.807) is 6.07 Å². The van der Waals surface area contributed by atoms with Gasteiger partial charge in [-0.25, -0.2) is 4.39 Å². The Balaban J connectivity index is 2.83. The Kier molecular flexibility index (Phi) is 1.40. The molecule has 3 nitrogen and oxygen atoms in total. The Bertz CT molecular complexity index is 436. The van der Waals surface area contributed by atoms with Crippen LogP contribution in [0.3, 0.4) is 0 Å². The van der Waals surface area contributed by atoms with Crippen molar-refractivity contribution >= 4 is 17.2 Å². The van der Waals surface area contributed by atoms with Gasteiger partial charge in [0.1, 0.15) is 17.6 Å². The summed E-state index contributed by atoms with van der Waals surface area (Å²) in [5, 5.41) is 6.76. The lowest BCUT2D eigenvalue weighted by molar-refractivity contribution is 0.112. The quantitative estimate of drug-likeness (QED) is 0.649. The van der Waals surface area contributed by atoms with Crippen LogP contribution < -0.4 is 0 Å². The molecule has 0 bridgehead atoms. The monoisotopic (exact) mass is 164 g/mol. The van der Waals surface area contributed by atoms with Gasteiger partial charge in [-0.15, -0.1) is 0 Å². The summed E-state index contributed by atoms with van der Waals surface area (Å²) in [6, 6.07) is 2.75. The van der Waals surface area contributed by atoms with Gasteiger partial charge in [-0.2, -0.15) is 5.10 Å². The molecule has 1 aromatic carbocycles. The molecule has 1 N–H and O–H groups in total. The number of hydrogen-bond acceptors (Lipinski definition) is 2. The highest BCUT2D eigenvalue weighted by Gasteiger charge is 2.03. The van der Waals surface area contributed by atoms with E-state index >= 15 is 0 Å². The largest absolute Gasteiger partial charge is 0.298 e. The van der Waals surface area contributed by atoms with Gasteiger partial charge in [0.2, 0.25) is 0 Å². The van der Waals surface area contributed by atoms with E-state index in [-0.39, 0.29) is 0 Å². The van der Waals surface area contributed by atoms with Gasteiger partial charge in [-0.05, 0) is 12.1 Å². The van der Waals surface area contributed by atoms with Crippen LogP contribution >= 0.6 is 0 Å². The van der Waals surface area contributed by atoms with E-state index in [0.29, 0.717) is 22.8 Å². The van der Waals surface area contributed by atoms with Gasteiger partial charge >= 0.3 is 0 Å². The fourth-order valence-electron chi connectivity index (χ4n) is 1.10. The first kappa shape index (κ1) is 6.97. The fraction of sp³-hybridized carbons (Fsp3) is 0. The summed E-state index contributed by atoms with van der Waals surface area (Å²) in [5.74, 6) is -0.452. The first-order valence-corrected chi connectivity index (χ1v) is 3.39. The predicted molar refractivity (Wildman–Crippen MR) is 41.4 cm³/mol. The number of aldehydes is 1. The van der Waals surface area contributed by atoms with E-state index in [1.807, 2.05) is 0 Å². The van der Waals surface area contributed by atoms with Crippen LogP contribution in [0.15, 0.2) is 18.3 Å². The van der Waals surface area contributed by atoms with Crippen LogP contribution in [0.2, 0.25) is 0 Å². The summed E-state index contributed by atoms with van der Waals surface area (Å²) in [7, 11) is 0. The molecule has 60 valence electrons. The number of nitrogens with zero attached hydrogens (tertiary/aromatic N) is 1. The van der Waals surface area contributed by atoms with Crippen LogP contribution in [0, 0.1) is 5.82 Å². The molecule has 0 saturated carbocycles. The van der Waals surface area contributed by atoms with Crippen LogP contribution in [0.1, 0.15) is 10.4 Å². The van der Waals surface area contributed by atoms with E-state index in [9.17, 15) is 9.18 Å². The minimum atomic E-state index is -0.452. The Morgan fingerprint density at radius 1 is 1.50 bits per heavy atom. The zero-order valence-electron chi connectivity index (χ0n) is 6.04. The van der Waals surface area contributed by atoms with Gasteiger partial charge in [0, 0.05) is 10.9 Å². The fourth-order valence-corrected chi connectivity index (χ4v) is 1.10. The molecule has 12 heavy (non-hydrogen) atoms. The Labute approximate surface area is 67.2 Å². The summed E-state index contributed by atoms with van der Waals surface area (Å²) < 4.78 is 13.0. The second kappa shape index (κ2) is 2.41. The topological polar surface area (TPSA) is 45.8 Å². The zero-order valence-corrected chi connectivity index (χ0v) is 6.04. The standard InChI is InChI=1S/C8H5FN2O/c9-7-2-5(4-12)1-6-3-10-11-8(6)7/h1-4H,(H,10,11). The zero-order chi connectivity index (χ0) is 8.55. The highest BCUT2D eigenvalue weighted by atomic mass is 19.1. The number of carbonyl (C=O) groups excluding carboxylic acids is 1. The lowest BCUT2D eigenvalue weighted by Gasteiger charge is -1.92. The van der Waals surface area contributed by atoms with Crippen molar-refractivity contribution in [3.8, 4) is 0 Å². The smallest absolute Gasteiger partial charge is 0.150 e. The summed E-state index contributed by atoms with van der Waals surface area (Å²) >= 11 is 0. The molecule has 2 rings (SSSR count). The second-order valence-electron chi connectivity index (χ2n) is 2.45. The molecule has 0 aliphatic rings. The molecule has 0 unspecified atom stereocenters. The van der Waals surface area contributed by atoms with Gasteiger partial charge < -0.3 is 0 Å². The van der Waals surface area contributed by atoms with Gasteiger partial charge in [0.15, 0.2) is 0 Å². The van der Waals surface area contributed by atoms with Crippen molar-refractivity contribution in [3.63, 3.8) is 0 Å². The number of fused-ring (bicyclic) bond motifs is 1. The molecule has 0 radical (unpaired) electrons. The third-order valence-electron chi connectivity index (χ3n) is 1.66. The van der Waals surface area contributed by atoms with Crippen molar-refractivity contribution in [1.82, 2.24) is 10.2 Å². The number of halogens is 1. The van der Waals surface area contributed by atoms with E-state index in [1.165, 1.54) is 12.3 Å². The van der Waals surface area contributed by atoms with Crippen molar-refractivity contribution in [2.24, 2.45) is 0 Å². The Hall–Kier alpha value is -1.71. The molecule has 2 aromatic rings. The number of rotatable bonds is 1. The van der Waals surface area contributed by atoms with Crippen LogP contribution in [0.4, 0.5) is 4.39 Å². The van der Waals surface area contributed by atoms with E-state index in [2.05, 4.69) is 10.2 Å². The minimum Gasteiger partial charge on any atom is -0.298 e. The van der Waals surface area contributed by atoms with Crippen molar-refractivity contribution in [2.75, 3.05) is 0 Å². The Morgan fingerprint density at radius 2 is 2.33 bits per heavy atom. The van der Waals surface area contributed by atoms with Gasteiger partial charge in [-0.3, -0.25) is 9.89 Å². The SMILES string of the molecule is O=Cc1cc(F)c2[nH]ncc2c1. The third-order valence-corrected chi connectivity index (χ3v) is 1.66. The molecular weight excluding hydrogens is 159 g/mol. The van der Waals surface area contributed by atoms with Crippen LogP contribution in [0.25, 0.3) is 10.9 Å². The molecular formula is C8H5FN2O. The van der Waals surface area contributed by atoms with Crippen molar-refractivity contribution in [3.05, 3.63) is 29.7 Å². The molecule has 0 saturated heterocycles. The number of H-pyrrole nitrogens is 1. The summed E-state index contributed by atoms with van der Waals surface area (Å²) in [5.41, 5.74) is 0.655.